The van der Waals surface area contributed by atoms with Gasteiger partial charge in [0.1, 0.15) is 10.5 Å². The van der Waals surface area contributed by atoms with E-state index in [4.69, 9.17) is 26.1 Å². The van der Waals surface area contributed by atoms with Crippen LogP contribution in [0.15, 0.2) is 59.1 Å². The predicted molar refractivity (Wildman–Crippen MR) is 161 cm³/mol. The molecule has 1 aliphatic heterocycles. The Balaban J connectivity index is 1.38. The maximum Gasteiger partial charge on any atom is 0.249 e. The van der Waals surface area contributed by atoms with Gasteiger partial charge in [0.15, 0.2) is 16.7 Å². The SMILES string of the molecule is Cc1cc(C)nc(SCC(=O)N(Cc2nc(-c3ccc(Cl)cc3)cs2)C(C)(C)C(=O)Nc2ccc3c(c2)OCO3)n1. The molecule has 0 fully saturated rings. The summed E-state index contributed by atoms with van der Waals surface area (Å²) >= 11 is 8.71. The minimum atomic E-state index is -1.23. The number of nitrogens with zero attached hydrogens (tertiary/aromatic N) is 4. The monoisotopic (exact) mass is 609 g/mol. The molecule has 0 spiro atoms. The zero-order valence-corrected chi connectivity index (χ0v) is 25.3. The number of carbonyl (C=O) groups excluding carboxylic acids is 2. The first kappa shape index (κ1) is 28.8. The van der Waals surface area contributed by atoms with Gasteiger partial charge in [-0.3, -0.25) is 9.59 Å². The molecule has 0 atom stereocenters. The van der Waals surface area contributed by atoms with E-state index in [0.29, 0.717) is 32.4 Å². The zero-order chi connectivity index (χ0) is 29.1. The highest BCUT2D eigenvalue weighted by molar-refractivity contribution is 7.99. The van der Waals surface area contributed by atoms with Crippen molar-refractivity contribution in [2.75, 3.05) is 17.9 Å². The number of aromatic nitrogens is 3. The number of halogens is 1. The molecule has 12 heteroatoms. The molecule has 0 aliphatic carbocycles. The Morgan fingerprint density at radius 3 is 2.46 bits per heavy atom. The fourth-order valence-electron chi connectivity index (χ4n) is 4.21. The summed E-state index contributed by atoms with van der Waals surface area (Å²) in [5.41, 5.74) is 2.64. The second-order valence-electron chi connectivity index (χ2n) is 9.92. The number of benzene rings is 2. The van der Waals surface area contributed by atoms with Crippen LogP contribution in [0, 0.1) is 13.8 Å². The summed E-state index contributed by atoms with van der Waals surface area (Å²) in [6.45, 7) is 7.49. The fraction of sp³-hybridized carbons (Fsp3) is 0.276. The minimum Gasteiger partial charge on any atom is -0.454 e. The summed E-state index contributed by atoms with van der Waals surface area (Å²) in [6, 6.07) is 14.5. The summed E-state index contributed by atoms with van der Waals surface area (Å²) in [7, 11) is 0. The molecule has 2 aromatic carbocycles. The molecule has 0 saturated carbocycles. The molecule has 9 nitrogen and oxygen atoms in total. The summed E-state index contributed by atoms with van der Waals surface area (Å²) in [4.78, 5) is 42.6. The first-order valence-corrected chi connectivity index (χ1v) is 15.0. The highest BCUT2D eigenvalue weighted by Crippen LogP contribution is 2.35. The minimum absolute atomic E-state index is 0.0546. The number of hydrogen-bond acceptors (Lipinski definition) is 9. The molecule has 2 aromatic heterocycles. The van der Waals surface area contributed by atoms with Gasteiger partial charge in [-0.1, -0.05) is 35.5 Å². The summed E-state index contributed by atoms with van der Waals surface area (Å²) in [6.07, 6.45) is 0. The Kier molecular flexibility index (Phi) is 8.48. The van der Waals surface area contributed by atoms with Gasteiger partial charge in [-0.05, 0) is 58.0 Å². The predicted octanol–water partition coefficient (Wildman–Crippen LogP) is 6.14. The van der Waals surface area contributed by atoms with Gasteiger partial charge in [0.25, 0.3) is 0 Å². The van der Waals surface area contributed by atoms with Crippen LogP contribution in [-0.4, -0.2) is 49.8 Å². The van der Waals surface area contributed by atoms with Crippen molar-refractivity contribution >= 4 is 52.2 Å². The van der Waals surface area contributed by atoms with E-state index in [2.05, 4.69) is 15.3 Å². The first-order chi connectivity index (χ1) is 19.6. The molecule has 212 valence electrons. The van der Waals surface area contributed by atoms with Gasteiger partial charge in [-0.25, -0.2) is 15.0 Å². The molecule has 4 aromatic rings. The van der Waals surface area contributed by atoms with Gasteiger partial charge < -0.3 is 19.7 Å². The summed E-state index contributed by atoms with van der Waals surface area (Å²) < 4.78 is 10.8. The number of hydrogen-bond donors (Lipinski definition) is 1. The van der Waals surface area contributed by atoms with Crippen molar-refractivity contribution in [1.82, 2.24) is 19.9 Å². The second-order valence-corrected chi connectivity index (χ2v) is 12.2. The van der Waals surface area contributed by atoms with E-state index in [1.165, 1.54) is 23.1 Å². The lowest BCUT2D eigenvalue weighted by Gasteiger charge is -2.37. The fourth-order valence-corrected chi connectivity index (χ4v) is 5.96. The Hall–Kier alpha value is -3.67. The molecule has 0 unspecified atom stereocenters. The van der Waals surface area contributed by atoms with Crippen LogP contribution < -0.4 is 14.8 Å². The lowest BCUT2D eigenvalue weighted by molar-refractivity contribution is -0.142. The zero-order valence-electron chi connectivity index (χ0n) is 22.9. The number of fused-ring (bicyclic) bond motifs is 1. The molecule has 0 bridgehead atoms. The number of amides is 2. The number of thiazole rings is 1. The van der Waals surface area contributed by atoms with Crippen molar-refractivity contribution in [2.45, 2.75) is 44.9 Å². The van der Waals surface area contributed by atoms with Gasteiger partial charge in [0, 0.05) is 39.1 Å². The molecular weight excluding hydrogens is 582 g/mol. The lowest BCUT2D eigenvalue weighted by atomic mass is 10.0. The third-order valence-corrected chi connectivity index (χ3v) is 8.35. The molecule has 0 radical (unpaired) electrons. The number of rotatable bonds is 9. The number of thioether (sulfide) groups is 1. The van der Waals surface area contributed by atoms with Gasteiger partial charge in [-0.2, -0.15) is 0 Å². The third-order valence-electron chi connectivity index (χ3n) is 6.43. The Bertz CT molecular complexity index is 1570. The van der Waals surface area contributed by atoms with Crippen molar-refractivity contribution in [3.05, 3.63) is 75.3 Å². The van der Waals surface area contributed by atoms with Crippen LogP contribution in [0.3, 0.4) is 0 Å². The molecule has 0 saturated heterocycles. The van der Waals surface area contributed by atoms with E-state index in [-0.39, 0.29) is 30.9 Å². The number of nitrogens with one attached hydrogen (secondary N) is 1. The summed E-state index contributed by atoms with van der Waals surface area (Å²) in [5.74, 6) is 0.624. The van der Waals surface area contributed by atoms with Crippen LogP contribution in [-0.2, 0) is 16.1 Å². The van der Waals surface area contributed by atoms with Crippen molar-refractivity contribution in [1.29, 1.82) is 0 Å². The first-order valence-electron chi connectivity index (χ1n) is 12.8. The summed E-state index contributed by atoms with van der Waals surface area (Å²) in [5, 5.41) is 6.70. The van der Waals surface area contributed by atoms with Gasteiger partial charge in [-0.15, -0.1) is 11.3 Å². The smallest absolute Gasteiger partial charge is 0.249 e. The molecule has 1 aliphatic rings. The van der Waals surface area contributed by atoms with Gasteiger partial charge in [0.05, 0.1) is 18.0 Å². The molecule has 3 heterocycles. The topological polar surface area (TPSA) is 107 Å². The van der Waals surface area contributed by atoms with E-state index in [0.717, 1.165) is 22.6 Å². The maximum absolute atomic E-state index is 13.8. The molecule has 41 heavy (non-hydrogen) atoms. The molecular formula is C29H28ClN5O4S2. The average Bonchev–Trinajstić information content (AvgIpc) is 3.59. The Morgan fingerprint density at radius 2 is 1.73 bits per heavy atom. The van der Waals surface area contributed by atoms with Crippen LogP contribution in [0.2, 0.25) is 5.02 Å². The normalized spacial score (nSPS) is 12.3. The van der Waals surface area contributed by atoms with Crippen LogP contribution in [0.4, 0.5) is 5.69 Å². The van der Waals surface area contributed by atoms with Crippen LogP contribution in [0.5, 0.6) is 11.5 Å². The Morgan fingerprint density at radius 1 is 1.02 bits per heavy atom. The number of anilines is 1. The van der Waals surface area contributed by atoms with Crippen LogP contribution in [0.25, 0.3) is 11.3 Å². The molecule has 2 amide bonds. The average molecular weight is 610 g/mol. The third kappa shape index (κ3) is 6.80. The highest BCUT2D eigenvalue weighted by Gasteiger charge is 2.38. The van der Waals surface area contributed by atoms with Crippen LogP contribution >= 0.6 is 34.7 Å². The number of aryl methyl sites for hydroxylation is 2. The van der Waals surface area contributed by atoms with E-state index in [9.17, 15) is 9.59 Å². The largest absolute Gasteiger partial charge is 0.454 e. The molecule has 5 rings (SSSR count). The van der Waals surface area contributed by atoms with E-state index in [1.54, 1.807) is 36.9 Å². The van der Waals surface area contributed by atoms with Crippen molar-refractivity contribution in [3.8, 4) is 22.8 Å². The highest BCUT2D eigenvalue weighted by atomic mass is 35.5. The van der Waals surface area contributed by atoms with Crippen LogP contribution in [0.1, 0.15) is 30.2 Å². The second kappa shape index (κ2) is 12.1. The molecule has 1 N–H and O–H groups in total. The number of ether oxygens (including phenoxy) is 2. The Labute approximate surface area is 251 Å². The van der Waals surface area contributed by atoms with Crippen molar-refractivity contribution < 1.29 is 19.1 Å². The standard InChI is InChI=1S/C29H28ClN5O4S2/c1-17-11-18(2)32-28(31-17)41-15-26(36)35(13-25-34-22(14-40-25)19-5-7-20(30)8-6-19)29(3,4)27(37)33-21-9-10-23-24(12-21)39-16-38-23/h5-12,14H,13,15-16H2,1-4H3,(H,33,37). The van der Waals surface area contributed by atoms with Crippen molar-refractivity contribution in [2.24, 2.45) is 0 Å². The van der Waals surface area contributed by atoms with Gasteiger partial charge >= 0.3 is 0 Å². The van der Waals surface area contributed by atoms with E-state index in [1.807, 2.05) is 49.6 Å². The number of carbonyl (C=O) groups is 2. The van der Waals surface area contributed by atoms with E-state index >= 15 is 0 Å². The quantitative estimate of drug-likeness (QED) is 0.178. The maximum atomic E-state index is 13.8. The van der Waals surface area contributed by atoms with E-state index < -0.39 is 5.54 Å². The van der Waals surface area contributed by atoms with Gasteiger partial charge in [0.2, 0.25) is 18.6 Å². The van der Waals surface area contributed by atoms with Crippen molar-refractivity contribution in [3.63, 3.8) is 0 Å². The lowest BCUT2D eigenvalue weighted by Crippen LogP contribution is -2.55.